The number of furan rings is 1. The van der Waals surface area contributed by atoms with Gasteiger partial charge in [-0.3, -0.25) is 0 Å². The Labute approximate surface area is 86.7 Å². The van der Waals surface area contributed by atoms with Crippen molar-refractivity contribution in [2.45, 2.75) is 52.1 Å². The van der Waals surface area contributed by atoms with Crippen LogP contribution in [-0.4, -0.2) is 6.04 Å². The average molecular weight is 195 g/mol. The molecule has 80 valence electrons. The highest BCUT2D eigenvalue weighted by molar-refractivity contribution is 5.10. The van der Waals surface area contributed by atoms with Crippen molar-refractivity contribution in [1.29, 1.82) is 0 Å². The summed E-state index contributed by atoms with van der Waals surface area (Å²) in [5, 5.41) is 3.56. The molecule has 0 bridgehead atoms. The van der Waals surface area contributed by atoms with Crippen molar-refractivity contribution < 1.29 is 4.42 Å². The van der Waals surface area contributed by atoms with E-state index in [1.807, 2.05) is 12.3 Å². The highest BCUT2D eigenvalue weighted by Crippen LogP contribution is 2.14. The van der Waals surface area contributed by atoms with Crippen LogP contribution in [0.1, 0.15) is 51.6 Å². The predicted molar refractivity (Wildman–Crippen MR) is 59.2 cm³/mol. The Morgan fingerprint density at radius 3 is 2.79 bits per heavy atom. The fourth-order valence-corrected chi connectivity index (χ4v) is 1.64. The molecule has 2 heteroatoms. The van der Waals surface area contributed by atoms with Crippen molar-refractivity contribution >= 4 is 0 Å². The van der Waals surface area contributed by atoms with Gasteiger partial charge in [-0.05, 0) is 26.3 Å². The van der Waals surface area contributed by atoms with E-state index in [1.165, 1.54) is 24.8 Å². The molecule has 0 spiro atoms. The molecule has 1 N–H and O–H groups in total. The summed E-state index contributed by atoms with van der Waals surface area (Å²) in [7, 11) is 0. The second-order valence-electron chi connectivity index (χ2n) is 3.99. The number of rotatable bonds is 6. The molecule has 1 aromatic rings. The molecule has 0 saturated heterocycles. The molecule has 1 heterocycles. The van der Waals surface area contributed by atoms with E-state index >= 15 is 0 Å². The van der Waals surface area contributed by atoms with Gasteiger partial charge in [0.15, 0.2) is 0 Å². The third-order valence-electron chi connectivity index (χ3n) is 2.57. The molecule has 0 aromatic carbocycles. The van der Waals surface area contributed by atoms with Crippen molar-refractivity contribution in [3.8, 4) is 0 Å². The first-order valence-corrected chi connectivity index (χ1v) is 5.52. The van der Waals surface area contributed by atoms with E-state index in [0.29, 0.717) is 12.1 Å². The summed E-state index contributed by atoms with van der Waals surface area (Å²) in [5.74, 6) is 0. The van der Waals surface area contributed by atoms with Gasteiger partial charge in [0, 0.05) is 17.6 Å². The molecule has 1 aromatic heterocycles. The summed E-state index contributed by atoms with van der Waals surface area (Å²) >= 11 is 0. The van der Waals surface area contributed by atoms with Crippen LogP contribution in [0.2, 0.25) is 0 Å². The van der Waals surface area contributed by atoms with Gasteiger partial charge in [-0.2, -0.15) is 0 Å². The number of hydrogen-bond donors (Lipinski definition) is 1. The van der Waals surface area contributed by atoms with Gasteiger partial charge < -0.3 is 9.73 Å². The predicted octanol–water partition coefficient (Wildman–Crippen LogP) is 3.51. The van der Waals surface area contributed by atoms with E-state index in [1.54, 1.807) is 6.26 Å². The van der Waals surface area contributed by atoms with Gasteiger partial charge in [-0.1, -0.05) is 19.8 Å². The van der Waals surface area contributed by atoms with Gasteiger partial charge in [0.1, 0.15) is 0 Å². The van der Waals surface area contributed by atoms with Crippen molar-refractivity contribution in [3.05, 3.63) is 24.2 Å². The minimum atomic E-state index is 0.389. The maximum Gasteiger partial charge on any atom is 0.0950 e. The van der Waals surface area contributed by atoms with Crippen LogP contribution in [0, 0.1) is 0 Å². The summed E-state index contributed by atoms with van der Waals surface area (Å²) < 4.78 is 5.06. The largest absolute Gasteiger partial charge is 0.472 e. The Balaban J connectivity index is 2.29. The zero-order valence-corrected chi connectivity index (χ0v) is 9.42. The molecule has 0 fully saturated rings. The molecule has 0 aliphatic carbocycles. The number of hydrogen-bond acceptors (Lipinski definition) is 2. The molecular weight excluding hydrogens is 174 g/mol. The third-order valence-corrected chi connectivity index (χ3v) is 2.57. The molecular formula is C12H21NO. The Bertz CT molecular complexity index is 230. The lowest BCUT2D eigenvalue weighted by Gasteiger charge is -2.18. The molecule has 2 atom stereocenters. The van der Waals surface area contributed by atoms with Gasteiger partial charge in [-0.25, -0.2) is 0 Å². The first-order valence-electron chi connectivity index (χ1n) is 5.52. The quantitative estimate of drug-likeness (QED) is 0.751. The van der Waals surface area contributed by atoms with Gasteiger partial charge in [0.25, 0.3) is 0 Å². The molecule has 14 heavy (non-hydrogen) atoms. The van der Waals surface area contributed by atoms with Crippen LogP contribution in [0.4, 0.5) is 0 Å². The summed E-state index contributed by atoms with van der Waals surface area (Å²) in [4.78, 5) is 0. The topological polar surface area (TPSA) is 25.2 Å². The van der Waals surface area contributed by atoms with E-state index in [9.17, 15) is 0 Å². The fourth-order valence-electron chi connectivity index (χ4n) is 1.64. The normalized spacial score (nSPS) is 15.4. The van der Waals surface area contributed by atoms with Gasteiger partial charge in [-0.15, -0.1) is 0 Å². The fraction of sp³-hybridized carbons (Fsp3) is 0.667. The molecule has 0 amide bonds. The highest BCUT2D eigenvalue weighted by atomic mass is 16.3. The molecule has 1 rings (SSSR count). The first kappa shape index (κ1) is 11.3. The zero-order chi connectivity index (χ0) is 10.4. The van der Waals surface area contributed by atoms with E-state index in [-0.39, 0.29) is 0 Å². The van der Waals surface area contributed by atoms with Crippen molar-refractivity contribution in [2.24, 2.45) is 0 Å². The summed E-state index contributed by atoms with van der Waals surface area (Å²) in [6, 6.07) is 2.99. The number of unbranched alkanes of at least 4 members (excludes halogenated alkanes) is 1. The van der Waals surface area contributed by atoms with Gasteiger partial charge in [0.05, 0.1) is 12.5 Å². The first-order chi connectivity index (χ1) is 6.74. The minimum absolute atomic E-state index is 0.389. The standard InChI is InChI=1S/C12H21NO/c1-4-5-6-10(2)13-11(3)12-7-8-14-9-12/h7-11,13H,4-6H2,1-3H3. The Kier molecular flexibility index (Phi) is 4.74. The second-order valence-corrected chi connectivity index (χ2v) is 3.99. The molecule has 2 nitrogen and oxygen atoms in total. The lowest BCUT2D eigenvalue weighted by Crippen LogP contribution is -2.28. The maximum absolute atomic E-state index is 5.06. The van der Waals surface area contributed by atoms with E-state index in [2.05, 4.69) is 26.1 Å². The van der Waals surface area contributed by atoms with Crippen LogP contribution < -0.4 is 5.32 Å². The summed E-state index contributed by atoms with van der Waals surface area (Å²) in [6.45, 7) is 6.64. The molecule has 0 radical (unpaired) electrons. The van der Waals surface area contributed by atoms with Crippen LogP contribution in [-0.2, 0) is 0 Å². The van der Waals surface area contributed by atoms with E-state index in [0.717, 1.165) is 0 Å². The summed E-state index contributed by atoms with van der Waals surface area (Å²) in [6.07, 6.45) is 7.35. The zero-order valence-electron chi connectivity index (χ0n) is 9.42. The molecule has 0 saturated carbocycles. The highest BCUT2D eigenvalue weighted by Gasteiger charge is 2.09. The molecule has 0 aliphatic rings. The monoisotopic (exact) mass is 195 g/mol. The van der Waals surface area contributed by atoms with Crippen molar-refractivity contribution in [3.63, 3.8) is 0 Å². The van der Waals surface area contributed by atoms with Crippen LogP contribution in [0.25, 0.3) is 0 Å². The number of nitrogens with one attached hydrogen (secondary N) is 1. The van der Waals surface area contributed by atoms with Gasteiger partial charge >= 0.3 is 0 Å². The third kappa shape index (κ3) is 3.54. The van der Waals surface area contributed by atoms with Crippen molar-refractivity contribution in [1.82, 2.24) is 5.32 Å². The lowest BCUT2D eigenvalue weighted by atomic mass is 10.1. The second kappa shape index (κ2) is 5.86. The molecule has 2 unspecified atom stereocenters. The maximum atomic E-state index is 5.06. The summed E-state index contributed by atoms with van der Waals surface area (Å²) in [5.41, 5.74) is 1.23. The van der Waals surface area contributed by atoms with E-state index in [4.69, 9.17) is 4.42 Å². The Hall–Kier alpha value is -0.760. The van der Waals surface area contributed by atoms with Crippen LogP contribution >= 0.6 is 0 Å². The van der Waals surface area contributed by atoms with Gasteiger partial charge in [0.2, 0.25) is 0 Å². The van der Waals surface area contributed by atoms with Crippen molar-refractivity contribution in [2.75, 3.05) is 0 Å². The Morgan fingerprint density at radius 1 is 1.43 bits per heavy atom. The Morgan fingerprint density at radius 2 is 2.21 bits per heavy atom. The minimum Gasteiger partial charge on any atom is -0.472 e. The van der Waals surface area contributed by atoms with Crippen LogP contribution in [0.15, 0.2) is 23.0 Å². The SMILES string of the molecule is CCCCC(C)NC(C)c1ccoc1. The molecule has 0 aliphatic heterocycles. The van der Waals surface area contributed by atoms with E-state index < -0.39 is 0 Å². The lowest BCUT2D eigenvalue weighted by molar-refractivity contribution is 0.441. The van der Waals surface area contributed by atoms with Crippen LogP contribution in [0.5, 0.6) is 0 Å². The smallest absolute Gasteiger partial charge is 0.0950 e. The average Bonchev–Trinajstić information content (AvgIpc) is 2.67. The van der Waals surface area contributed by atoms with Crippen LogP contribution in [0.3, 0.4) is 0 Å².